The molecule has 56 valence electrons. The molecule has 0 fully saturated rings. The van der Waals surface area contributed by atoms with Crippen molar-refractivity contribution in [3.63, 3.8) is 0 Å². The van der Waals surface area contributed by atoms with Gasteiger partial charge in [0.25, 0.3) is 0 Å². The van der Waals surface area contributed by atoms with Crippen LogP contribution in [-0.4, -0.2) is 9.97 Å². The SMILES string of the molecule is Cc1cnc(CCl)nc1.Cl. The summed E-state index contributed by atoms with van der Waals surface area (Å²) < 4.78 is 0. The fourth-order valence-electron chi connectivity index (χ4n) is 0.488. The third-order valence-corrected chi connectivity index (χ3v) is 1.19. The van der Waals surface area contributed by atoms with Crippen molar-refractivity contribution < 1.29 is 0 Å². The minimum atomic E-state index is 0. The van der Waals surface area contributed by atoms with Crippen molar-refractivity contribution >= 4 is 24.0 Å². The first-order chi connectivity index (χ1) is 4.33. The summed E-state index contributed by atoms with van der Waals surface area (Å²) in [5.74, 6) is 1.07. The lowest BCUT2D eigenvalue weighted by Crippen LogP contribution is -1.89. The Morgan fingerprint density at radius 1 is 1.40 bits per heavy atom. The lowest BCUT2D eigenvalue weighted by molar-refractivity contribution is 1.01. The second-order valence-corrected chi connectivity index (χ2v) is 2.08. The summed E-state index contributed by atoms with van der Waals surface area (Å²) in [7, 11) is 0. The molecule has 1 rings (SSSR count). The van der Waals surface area contributed by atoms with Crippen LogP contribution in [0.15, 0.2) is 12.4 Å². The highest BCUT2D eigenvalue weighted by molar-refractivity contribution is 6.16. The molecule has 0 aromatic carbocycles. The summed E-state index contributed by atoms with van der Waals surface area (Å²) in [6.07, 6.45) is 3.51. The Labute approximate surface area is 71.1 Å². The quantitative estimate of drug-likeness (QED) is 0.615. The highest BCUT2D eigenvalue weighted by Crippen LogP contribution is 1.95. The molecule has 1 heterocycles. The van der Waals surface area contributed by atoms with E-state index in [4.69, 9.17) is 11.6 Å². The summed E-state index contributed by atoms with van der Waals surface area (Å²) in [6, 6.07) is 0. The Balaban J connectivity index is 0.000000810. The highest BCUT2D eigenvalue weighted by Gasteiger charge is 1.89. The van der Waals surface area contributed by atoms with Crippen LogP contribution in [0.1, 0.15) is 11.4 Å². The molecule has 0 saturated carbocycles. The van der Waals surface area contributed by atoms with Crippen LogP contribution in [0.2, 0.25) is 0 Å². The first kappa shape index (κ1) is 9.66. The molecule has 0 radical (unpaired) electrons. The van der Waals surface area contributed by atoms with Crippen LogP contribution in [0, 0.1) is 6.92 Å². The van der Waals surface area contributed by atoms with E-state index < -0.39 is 0 Å². The molecule has 0 atom stereocenters. The van der Waals surface area contributed by atoms with Crippen molar-refractivity contribution in [3.05, 3.63) is 23.8 Å². The Morgan fingerprint density at radius 2 is 1.90 bits per heavy atom. The molecule has 1 aromatic heterocycles. The molecule has 0 bridgehead atoms. The largest absolute Gasteiger partial charge is 0.240 e. The molecule has 0 aliphatic rings. The Hall–Kier alpha value is -0.340. The van der Waals surface area contributed by atoms with Gasteiger partial charge in [0.05, 0.1) is 5.88 Å². The first-order valence-corrected chi connectivity index (χ1v) is 3.20. The predicted octanol–water partition coefficient (Wildman–Crippen LogP) is 1.95. The maximum absolute atomic E-state index is 5.45. The van der Waals surface area contributed by atoms with Crippen molar-refractivity contribution in [1.29, 1.82) is 0 Å². The lowest BCUT2D eigenvalue weighted by Gasteiger charge is -1.91. The fraction of sp³-hybridized carbons (Fsp3) is 0.333. The maximum Gasteiger partial charge on any atom is 0.142 e. The highest BCUT2D eigenvalue weighted by atomic mass is 35.5. The van der Waals surface area contributed by atoms with E-state index in [2.05, 4.69) is 9.97 Å². The molecular weight excluding hydrogens is 171 g/mol. The Morgan fingerprint density at radius 3 is 2.30 bits per heavy atom. The summed E-state index contributed by atoms with van der Waals surface area (Å²) >= 11 is 5.45. The summed E-state index contributed by atoms with van der Waals surface area (Å²) in [4.78, 5) is 7.91. The molecule has 0 N–H and O–H groups in total. The standard InChI is InChI=1S/C6H7ClN2.ClH/c1-5-3-8-6(2-7)9-4-5;/h3-4H,2H2,1H3;1H. The molecule has 10 heavy (non-hydrogen) atoms. The summed E-state index contributed by atoms with van der Waals surface area (Å²) in [5, 5.41) is 0. The molecule has 0 aliphatic heterocycles. The van der Waals surface area contributed by atoms with E-state index in [1.807, 2.05) is 6.92 Å². The molecule has 0 saturated heterocycles. The van der Waals surface area contributed by atoms with Gasteiger partial charge in [-0.2, -0.15) is 0 Å². The van der Waals surface area contributed by atoms with Crippen molar-refractivity contribution in [1.82, 2.24) is 9.97 Å². The van der Waals surface area contributed by atoms with Crippen molar-refractivity contribution in [2.24, 2.45) is 0 Å². The zero-order valence-electron chi connectivity index (χ0n) is 5.54. The first-order valence-electron chi connectivity index (χ1n) is 2.66. The topological polar surface area (TPSA) is 25.8 Å². The third-order valence-electron chi connectivity index (χ3n) is 0.954. The minimum absolute atomic E-state index is 0. The van der Waals surface area contributed by atoms with Crippen molar-refractivity contribution in [2.45, 2.75) is 12.8 Å². The molecule has 2 nitrogen and oxygen atoms in total. The number of nitrogens with zero attached hydrogens (tertiary/aromatic N) is 2. The number of hydrogen-bond acceptors (Lipinski definition) is 2. The summed E-state index contributed by atoms with van der Waals surface area (Å²) in [6.45, 7) is 1.94. The van der Waals surface area contributed by atoms with Crippen LogP contribution >= 0.6 is 24.0 Å². The third kappa shape index (κ3) is 2.50. The van der Waals surface area contributed by atoms with Gasteiger partial charge in [0.1, 0.15) is 5.82 Å². The smallest absolute Gasteiger partial charge is 0.142 e. The second kappa shape index (κ2) is 4.47. The van der Waals surface area contributed by atoms with Gasteiger partial charge in [-0.15, -0.1) is 24.0 Å². The predicted molar refractivity (Wildman–Crippen MR) is 43.6 cm³/mol. The van der Waals surface area contributed by atoms with Crippen molar-refractivity contribution in [2.75, 3.05) is 0 Å². The van der Waals surface area contributed by atoms with E-state index >= 15 is 0 Å². The van der Waals surface area contributed by atoms with Crippen LogP contribution in [0.5, 0.6) is 0 Å². The van der Waals surface area contributed by atoms with Gasteiger partial charge in [-0.25, -0.2) is 9.97 Å². The molecule has 0 amide bonds. The van der Waals surface area contributed by atoms with Gasteiger partial charge in [-0.3, -0.25) is 0 Å². The number of hydrogen-bond donors (Lipinski definition) is 0. The Bertz CT molecular complexity index is 185. The van der Waals surface area contributed by atoms with Crippen LogP contribution in [0.25, 0.3) is 0 Å². The van der Waals surface area contributed by atoms with Gasteiger partial charge in [0.2, 0.25) is 0 Å². The van der Waals surface area contributed by atoms with E-state index in [1.54, 1.807) is 12.4 Å². The number of rotatable bonds is 1. The van der Waals surface area contributed by atoms with Gasteiger partial charge in [0, 0.05) is 12.4 Å². The monoisotopic (exact) mass is 178 g/mol. The summed E-state index contributed by atoms with van der Waals surface area (Å²) in [5.41, 5.74) is 1.06. The van der Waals surface area contributed by atoms with Gasteiger partial charge >= 0.3 is 0 Å². The minimum Gasteiger partial charge on any atom is -0.240 e. The molecule has 0 unspecified atom stereocenters. The van der Waals surface area contributed by atoms with Gasteiger partial charge in [-0.1, -0.05) is 0 Å². The van der Waals surface area contributed by atoms with Crippen LogP contribution in [-0.2, 0) is 5.88 Å². The van der Waals surface area contributed by atoms with Crippen molar-refractivity contribution in [3.8, 4) is 0 Å². The lowest BCUT2D eigenvalue weighted by atomic mass is 10.4. The zero-order valence-corrected chi connectivity index (χ0v) is 7.11. The number of aryl methyl sites for hydroxylation is 1. The van der Waals surface area contributed by atoms with Crippen LogP contribution in [0.4, 0.5) is 0 Å². The van der Waals surface area contributed by atoms with E-state index in [0.29, 0.717) is 11.7 Å². The second-order valence-electron chi connectivity index (χ2n) is 1.81. The molecule has 0 aliphatic carbocycles. The van der Waals surface area contributed by atoms with E-state index in [9.17, 15) is 0 Å². The maximum atomic E-state index is 5.45. The molecular formula is C6H8Cl2N2. The Kier molecular flexibility index (Phi) is 4.32. The average Bonchev–Trinajstić information content (AvgIpc) is 1.90. The normalized spacial score (nSPS) is 8.60. The van der Waals surface area contributed by atoms with E-state index in [0.717, 1.165) is 5.56 Å². The zero-order chi connectivity index (χ0) is 6.69. The van der Waals surface area contributed by atoms with Crippen LogP contribution in [0.3, 0.4) is 0 Å². The number of alkyl halides is 1. The number of aromatic nitrogens is 2. The molecule has 0 spiro atoms. The van der Waals surface area contributed by atoms with Gasteiger partial charge in [0.15, 0.2) is 0 Å². The van der Waals surface area contributed by atoms with Gasteiger partial charge in [-0.05, 0) is 12.5 Å². The van der Waals surface area contributed by atoms with Gasteiger partial charge < -0.3 is 0 Å². The van der Waals surface area contributed by atoms with E-state index in [1.165, 1.54) is 0 Å². The molecule has 4 heteroatoms. The fourth-order valence-corrected chi connectivity index (χ4v) is 0.626. The molecule has 1 aromatic rings. The average molecular weight is 179 g/mol. The van der Waals surface area contributed by atoms with Crippen LogP contribution < -0.4 is 0 Å². The van der Waals surface area contributed by atoms with E-state index in [-0.39, 0.29) is 12.4 Å². The number of halogens is 2.